The van der Waals surface area contributed by atoms with Gasteiger partial charge in [0.1, 0.15) is 0 Å². The van der Waals surface area contributed by atoms with Gasteiger partial charge in [0.05, 0.1) is 5.52 Å². The van der Waals surface area contributed by atoms with Crippen molar-refractivity contribution in [2.45, 2.75) is 0 Å². The topological polar surface area (TPSA) is 91.8 Å². The van der Waals surface area contributed by atoms with Crippen molar-refractivity contribution >= 4 is 34.6 Å². The summed E-state index contributed by atoms with van der Waals surface area (Å²) >= 11 is 0. The van der Waals surface area contributed by atoms with E-state index >= 15 is 0 Å². The molecule has 0 unspecified atom stereocenters. The number of fused-ring (bicyclic) bond motifs is 1. The maximum Gasteiger partial charge on any atom is 0.417 e. The molecule has 2 aromatic rings. The standard InChI is InChI=1S/C17H16N4O4/c22-15-10-25-17(24)21(15)9-11-7-20(8-11)16(23)19-13-3-4-14-12(6-13)2-1-5-18-14/h1-6,11H,7-10H2,(H,19,23). The number of aromatic nitrogens is 1. The Hall–Kier alpha value is -3.16. The van der Waals surface area contributed by atoms with Gasteiger partial charge in [0.15, 0.2) is 6.61 Å². The zero-order chi connectivity index (χ0) is 17.4. The van der Waals surface area contributed by atoms with Crippen LogP contribution in [0.4, 0.5) is 15.3 Å². The number of carbonyl (C=O) groups excluding carboxylic acids is 3. The lowest BCUT2D eigenvalue weighted by molar-refractivity contribution is -0.126. The highest BCUT2D eigenvalue weighted by atomic mass is 16.6. The number of ether oxygens (including phenoxy) is 1. The molecule has 1 aromatic carbocycles. The second-order valence-corrected chi connectivity index (χ2v) is 6.17. The fraction of sp³-hybridized carbons (Fsp3) is 0.294. The summed E-state index contributed by atoms with van der Waals surface area (Å²) < 4.78 is 4.68. The van der Waals surface area contributed by atoms with Crippen LogP contribution >= 0.6 is 0 Å². The first kappa shape index (κ1) is 15.4. The molecule has 1 N–H and O–H groups in total. The smallest absolute Gasteiger partial charge is 0.417 e. The van der Waals surface area contributed by atoms with Crippen LogP contribution in [0.5, 0.6) is 0 Å². The van der Waals surface area contributed by atoms with Gasteiger partial charge < -0.3 is 15.0 Å². The fourth-order valence-electron chi connectivity index (χ4n) is 3.02. The molecule has 0 radical (unpaired) electrons. The van der Waals surface area contributed by atoms with E-state index in [9.17, 15) is 14.4 Å². The molecule has 1 aromatic heterocycles. The van der Waals surface area contributed by atoms with Crippen molar-refractivity contribution in [3.8, 4) is 0 Å². The maximum atomic E-state index is 12.3. The lowest BCUT2D eigenvalue weighted by atomic mass is 10.0. The number of anilines is 1. The molecular formula is C17H16N4O4. The number of carbonyl (C=O) groups is 3. The van der Waals surface area contributed by atoms with Gasteiger partial charge in [0.2, 0.25) is 0 Å². The van der Waals surface area contributed by atoms with Crippen LogP contribution in [-0.4, -0.2) is 59.1 Å². The molecule has 2 aliphatic rings. The Morgan fingerprint density at radius 1 is 1.28 bits per heavy atom. The Morgan fingerprint density at radius 3 is 2.88 bits per heavy atom. The van der Waals surface area contributed by atoms with Crippen LogP contribution in [0.25, 0.3) is 10.9 Å². The summed E-state index contributed by atoms with van der Waals surface area (Å²) in [5.41, 5.74) is 1.57. The van der Waals surface area contributed by atoms with E-state index in [1.807, 2.05) is 30.3 Å². The van der Waals surface area contributed by atoms with Crippen molar-refractivity contribution in [2.75, 3.05) is 31.6 Å². The van der Waals surface area contributed by atoms with Crippen LogP contribution < -0.4 is 5.32 Å². The molecule has 4 amide bonds. The largest absolute Gasteiger partial charge is 0.439 e. The molecule has 0 spiro atoms. The second kappa shape index (κ2) is 6.04. The maximum absolute atomic E-state index is 12.3. The lowest BCUT2D eigenvalue weighted by Crippen LogP contribution is -2.55. The van der Waals surface area contributed by atoms with Crippen LogP contribution in [0.15, 0.2) is 36.5 Å². The van der Waals surface area contributed by atoms with Crippen molar-refractivity contribution in [3.05, 3.63) is 36.5 Å². The minimum atomic E-state index is -0.599. The summed E-state index contributed by atoms with van der Waals surface area (Å²) in [6.45, 7) is 1.10. The van der Waals surface area contributed by atoms with E-state index in [0.29, 0.717) is 25.3 Å². The molecule has 2 aliphatic heterocycles. The summed E-state index contributed by atoms with van der Waals surface area (Å²) in [6, 6.07) is 9.12. The SMILES string of the molecule is O=C(Nc1ccc2ncccc2c1)N1CC(CN2C(=O)COC2=O)C1. The fourth-order valence-corrected chi connectivity index (χ4v) is 3.02. The van der Waals surface area contributed by atoms with E-state index in [4.69, 9.17) is 0 Å². The summed E-state index contributed by atoms with van der Waals surface area (Å²) in [5, 5.41) is 3.81. The molecule has 2 fully saturated rings. The number of cyclic esters (lactones) is 1. The Bertz CT molecular complexity index is 847. The molecule has 0 bridgehead atoms. The minimum Gasteiger partial charge on any atom is -0.439 e. The van der Waals surface area contributed by atoms with Crippen LogP contribution in [0.1, 0.15) is 0 Å². The third-order valence-electron chi connectivity index (χ3n) is 4.38. The zero-order valence-corrected chi connectivity index (χ0v) is 13.3. The van der Waals surface area contributed by atoms with Gasteiger partial charge in [-0.15, -0.1) is 0 Å². The van der Waals surface area contributed by atoms with Crippen LogP contribution in [0.2, 0.25) is 0 Å². The van der Waals surface area contributed by atoms with Crippen molar-refractivity contribution in [1.29, 1.82) is 0 Å². The van der Waals surface area contributed by atoms with Gasteiger partial charge in [-0.2, -0.15) is 0 Å². The quantitative estimate of drug-likeness (QED) is 0.918. The van der Waals surface area contributed by atoms with E-state index < -0.39 is 6.09 Å². The number of nitrogens with one attached hydrogen (secondary N) is 1. The van der Waals surface area contributed by atoms with Gasteiger partial charge in [0.25, 0.3) is 5.91 Å². The van der Waals surface area contributed by atoms with Crippen LogP contribution in [-0.2, 0) is 9.53 Å². The summed E-state index contributed by atoms with van der Waals surface area (Å²) in [7, 11) is 0. The molecule has 4 rings (SSSR count). The van der Waals surface area contributed by atoms with Crippen molar-refractivity contribution in [1.82, 2.24) is 14.8 Å². The first-order valence-corrected chi connectivity index (χ1v) is 7.98. The summed E-state index contributed by atoms with van der Waals surface area (Å²) in [6.07, 6.45) is 1.12. The van der Waals surface area contributed by atoms with Crippen molar-refractivity contribution in [2.24, 2.45) is 5.92 Å². The number of urea groups is 1. The highest BCUT2D eigenvalue weighted by Crippen LogP contribution is 2.22. The number of nitrogens with zero attached hydrogens (tertiary/aromatic N) is 3. The first-order chi connectivity index (χ1) is 12.1. The Morgan fingerprint density at radius 2 is 2.12 bits per heavy atom. The Balaban J connectivity index is 1.32. The van der Waals surface area contributed by atoms with E-state index in [0.717, 1.165) is 15.8 Å². The highest BCUT2D eigenvalue weighted by Gasteiger charge is 2.38. The van der Waals surface area contributed by atoms with Crippen molar-refractivity contribution < 1.29 is 19.1 Å². The number of amides is 4. The highest BCUT2D eigenvalue weighted by molar-refractivity contribution is 5.98. The number of rotatable bonds is 3. The third-order valence-corrected chi connectivity index (χ3v) is 4.38. The number of benzene rings is 1. The molecule has 128 valence electrons. The summed E-state index contributed by atoms with van der Waals surface area (Å²) in [5.74, 6) is -0.237. The average Bonchev–Trinajstić information content (AvgIpc) is 2.89. The number of imide groups is 1. The molecule has 8 heteroatoms. The first-order valence-electron chi connectivity index (χ1n) is 7.98. The van der Waals surface area contributed by atoms with Gasteiger partial charge in [-0.1, -0.05) is 6.07 Å². The van der Waals surface area contributed by atoms with Gasteiger partial charge in [-0.05, 0) is 24.3 Å². The van der Waals surface area contributed by atoms with Crippen LogP contribution in [0.3, 0.4) is 0 Å². The molecule has 8 nitrogen and oxygen atoms in total. The molecule has 0 saturated carbocycles. The Kier molecular flexibility index (Phi) is 3.72. The second-order valence-electron chi connectivity index (χ2n) is 6.17. The van der Waals surface area contributed by atoms with Gasteiger partial charge in [-0.25, -0.2) is 14.5 Å². The number of likely N-dealkylation sites (tertiary alicyclic amines) is 1. The van der Waals surface area contributed by atoms with Gasteiger partial charge in [0, 0.05) is 42.8 Å². The molecule has 3 heterocycles. The van der Waals surface area contributed by atoms with Gasteiger partial charge >= 0.3 is 12.1 Å². The Labute approximate surface area is 143 Å². The van der Waals surface area contributed by atoms with E-state index in [-0.39, 0.29) is 24.5 Å². The van der Waals surface area contributed by atoms with Crippen molar-refractivity contribution in [3.63, 3.8) is 0 Å². The molecular weight excluding hydrogens is 324 g/mol. The number of hydrogen-bond donors (Lipinski definition) is 1. The average molecular weight is 340 g/mol. The molecule has 2 saturated heterocycles. The zero-order valence-electron chi connectivity index (χ0n) is 13.3. The third kappa shape index (κ3) is 2.98. The number of pyridine rings is 1. The molecule has 0 atom stereocenters. The summed E-state index contributed by atoms with van der Waals surface area (Å²) in [4.78, 5) is 42.2. The molecule has 0 aliphatic carbocycles. The monoisotopic (exact) mass is 340 g/mol. The predicted octanol–water partition coefficient (Wildman–Crippen LogP) is 1.68. The van der Waals surface area contributed by atoms with Crippen LogP contribution in [0, 0.1) is 5.92 Å². The minimum absolute atomic E-state index is 0.0844. The number of hydrogen-bond acceptors (Lipinski definition) is 5. The molecule has 25 heavy (non-hydrogen) atoms. The van der Waals surface area contributed by atoms with E-state index in [1.54, 1.807) is 11.1 Å². The van der Waals surface area contributed by atoms with E-state index in [1.165, 1.54) is 0 Å². The predicted molar refractivity (Wildman–Crippen MR) is 88.9 cm³/mol. The normalized spacial score (nSPS) is 17.6. The van der Waals surface area contributed by atoms with Gasteiger partial charge in [-0.3, -0.25) is 9.78 Å². The lowest BCUT2D eigenvalue weighted by Gasteiger charge is -2.40. The van der Waals surface area contributed by atoms with E-state index in [2.05, 4.69) is 15.0 Å².